The molecule has 0 unspecified atom stereocenters. The minimum atomic E-state index is -0.998. The van der Waals surface area contributed by atoms with E-state index in [1.807, 2.05) is 24.3 Å². The molecule has 2 aromatic carbocycles. The summed E-state index contributed by atoms with van der Waals surface area (Å²) in [5.74, 6) is -1.04. The van der Waals surface area contributed by atoms with Gasteiger partial charge in [0.1, 0.15) is 12.6 Å². The number of amides is 1. The van der Waals surface area contributed by atoms with E-state index in [-0.39, 0.29) is 12.5 Å². The summed E-state index contributed by atoms with van der Waals surface area (Å²) in [5.41, 5.74) is 7.02. The Balaban J connectivity index is 1.47. The zero-order valence-corrected chi connectivity index (χ0v) is 18.1. The molecule has 0 heterocycles. The van der Waals surface area contributed by atoms with Gasteiger partial charge in [0.25, 0.3) is 0 Å². The van der Waals surface area contributed by atoms with Crippen molar-refractivity contribution in [2.24, 2.45) is 0 Å². The lowest BCUT2D eigenvalue weighted by molar-refractivity contribution is -0.142. The van der Waals surface area contributed by atoms with Gasteiger partial charge in [-0.15, -0.1) is 0 Å². The number of aliphatic carboxylic acids is 1. The van der Waals surface area contributed by atoms with Gasteiger partial charge >= 0.3 is 12.1 Å². The molecule has 4 rings (SSSR count). The Bertz CT molecular complexity index is 980. The molecule has 2 aromatic rings. The molecule has 0 bridgehead atoms. The first-order valence-electron chi connectivity index (χ1n) is 11.0. The summed E-state index contributed by atoms with van der Waals surface area (Å²) in [6.45, 7) is 2.26. The van der Waals surface area contributed by atoms with Crippen LogP contribution in [0, 0.1) is 0 Å². The van der Waals surface area contributed by atoms with Crippen LogP contribution in [0.5, 0.6) is 0 Å². The highest BCUT2D eigenvalue weighted by Crippen LogP contribution is 2.44. The molecule has 1 atom stereocenters. The Morgan fingerprint density at radius 1 is 1.03 bits per heavy atom. The Labute approximate surface area is 183 Å². The summed E-state index contributed by atoms with van der Waals surface area (Å²) in [6.07, 6.45) is 3.92. The zero-order valence-electron chi connectivity index (χ0n) is 18.1. The minimum absolute atomic E-state index is 0.0451. The lowest BCUT2D eigenvalue weighted by Gasteiger charge is -2.28. The van der Waals surface area contributed by atoms with Gasteiger partial charge in [0.05, 0.1) is 0 Å². The minimum Gasteiger partial charge on any atom is -0.480 e. The monoisotopic (exact) mass is 419 g/mol. The number of hydrogen-bond donors (Lipinski definition) is 1. The highest BCUT2D eigenvalue weighted by molar-refractivity contribution is 5.81. The van der Waals surface area contributed by atoms with E-state index in [1.165, 1.54) is 17.5 Å². The number of likely N-dealkylation sites (N-methyl/N-ethyl adjacent to an activating group) is 1. The van der Waals surface area contributed by atoms with Gasteiger partial charge < -0.3 is 9.84 Å². The van der Waals surface area contributed by atoms with E-state index < -0.39 is 18.1 Å². The molecular formula is C26H29NO4. The number of rotatable bonds is 6. The fourth-order valence-corrected chi connectivity index (χ4v) is 4.84. The van der Waals surface area contributed by atoms with E-state index in [0.29, 0.717) is 6.42 Å². The summed E-state index contributed by atoms with van der Waals surface area (Å²) in [7, 11) is 1.52. The van der Waals surface area contributed by atoms with Crippen molar-refractivity contribution in [3.63, 3.8) is 0 Å². The van der Waals surface area contributed by atoms with Crippen LogP contribution < -0.4 is 0 Å². The molecule has 5 heteroatoms. The standard InChI is InChI=1S/C26H29NO4/c1-17-9-3-4-10-18(17)15-24(25(28)29)27(2)26(30)31-16-23-21-13-7-5-11-19(21)20-12-6-8-14-22(20)23/h5-8,11-14,23-24H,3-4,9-10,15-16H2,1-2H3,(H,28,29)/t24-/m0/s1. The second-order valence-electron chi connectivity index (χ2n) is 8.56. The molecule has 2 aliphatic rings. The van der Waals surface area contributed by atoms with Crippen LogP contribution in [0.3, 0.4) is 0 Å². The van der Waals surface area contributed by atoms with Crippen LogP contribution >= 0.6 is 0 Å². The molecule has 2 aliphatic carbocycles. The van der Waals surface area contributed by atoms with Gasteiger partial charge in [-0.3, -0.25) is 4.90 Å². The summed E-state index contributed by atoms with van der Waals surface area (Å²) in [5, 5.41) is 9.78. The fraction of sp³-hybridized carbons (Fsp3) is 0.385. The Kier molecular flexibility index (Phi) is 6.12. The first kappa shape index (κ1) is 21.2. The van der Waals surface area contributed by atoms with Crippen LogP contribution in [0.15, 0.2) is 59.7 Å². The normalized spacial score (nSPS) is 16.5. The van der Waals surface area contributed by atoms with Gasteiger partial charge in [0.2, 0.25) is 0 Å². The van der Waals surface area contributed by atoms with Crippen molar-refractivity contribution >= 4 is 12.1 Å². The van der Waals surface area contributed by atoms with Crippen LogP contribution in [0.1, 0.15) is 56.1 Å². The highest BCUT2D eigenvalue weighted by atomic mass is 16.6. The van der Waals surface area contributed by atoms with Gasteiger partial charge in [0.15, 0.2) is 0 Å². The average molecular weight is 420 g/mol. The van der Waals surface area contributed by atoms with Crippen molar-refractivity contribution < 1.29 is 19.4 Å². The number of nitrogens with zero attached hydrogens (tertiary/aromatic N) is 1. The zero-order chi connectivity index (χ0) is 22.0. The van der Waals surface area contributed by atoms with Crippen molar-refractivity contribution in [2.75, 3.05) is 13.7 Å². The molecular weight excluding hydrogens is 390 g/mol. The number of ether oxygens (including phenoxy) is 1. The number of carbonyl (C=O) groups is 2. The van der Waals surface area contributed by atoms with Gasteiger partial charge in [-0.1, -0.05) is 59.7 Å². The maximum Gasteiger partial charge on any atom is 0.410 e. The molecule has 1 N–H and O–H groups in total. The molecule has 0 aromatic heterocycles. The first-order chi connectivity index (χ1) is 15.0. The van der Waals surface area contributed by atoms with Crippen LogP contribution in [0.2, 0.25) is 0 Å². The largest absolute Gasteiger partial charge is 0.480 e. The number of benzene rings is 2. The fourth-order valence-electron chi connectivity index (χ4n) is 4.84. The van der Waals surface area contributed by atoms with Crippen LogP contribution in [-0.2, 0) is 9.53 Å². The predicted octanol–water partition coefficient (Wildman–Crippen LogP) is 5.60. The number of carboxylic acids is 1. The van der Waals surface area contributed by atoms with E-state index in [1.54, 1.807) is 0 Å². The van der Waals surface area contributed by atoms with Crippen LogP contribution in [-0.4, -0.2) is 41.8 Å². The van der Waals surface area contributed by atoms with E-state index in [0.717, 1.165) is 53.5 Å². The Morgan fingerprint density at radius 3 is 2.19 bits per heavy atom. The van der Waals surface area contributed by atoms with Gasteiger partial charge in [-0.25, -0.2) is 9.59 Å². The first-order valence-corrected chi connectivity index (χ1v) is 11.0. The van der Waals surface area contributed by atoms with E-state index >= 15 is 0 Å². The molecule has 0 saturated heterocycles. The highest BCUT2D eigenvalue weighted by Gasteiger charge is 2.32. The van der Waals surface area contributed by atoms with Gasteiger partial charge in [0, 0.05) is 13.0 Å². The maximum atomic E-state index is 12.8. The van der Waals surface area contributed by atoms with Crippen molar-refractivity contribution in [3.8, 4) is 11.1 Å². The van der Waals surface area contributed by atoms with Crippen molar-refractivity contribution in [3.05, 3.63) is 70.8 Å². The number of fused-ring (bicyclic) bond motifs is 3. The van der Waals surface area contributed by atoms with E-state index in [4.69, 9.17) is 4.74 Å². The average Bonchev–Trinajstić information content (AvgIpc) is 3.10. The number of carboxylic acid groups (broad SMARTS) is 1. The quantitative estimate of drug-likeness (QED) is 0.619. The summed E-state index contributed by atoms with van der Waals surface area (Å²) >= 11 is 0. The molecule has 0 fully saturated rings. The van der Waals surface area contributed by atoms with Crippen molar-refractivity contribution in [1.82, 2.24) is 4.90 Å². The van der Waals surface area contributed by atoms with Crippen LogP contribution in [0.25, 0.3) is 11.1 Å². The van der Waals surface area contributed by atoms with E-state index in [2.05, 4.69) is 31.2 Å². The second-order valence-corrected chi connectivity index (χ2v) is 8.56. The Morgan fingerprint density at radius 2 is 1.61 bits per heavy atom. The van der Waals surface area contributed by atoms with Gasteiger partial charge in [-0.05, 0) is 61.3 Å². The molecule has 1 amide bonds. The molecule has 0 aliphatic heterocycles. The van der Waals surface area contributed by atoms with Gasteiger partial charge in [-0.2, -0.15) is 0 Å². The van der Waals surface area contributed by atoms with Crippen molar-refractivity contribution in [1.29, 1.82) is 0 Å². The number of allylic oxidation sites excluding steroid dienone is 1. The number of hydrogen-bond acceptors (Lipinski definition) is 3. The smallest absolute Gasteiger partial charge is 0.410 e. The lowest BCUT2D eigenvalue weighted by atomic mass is 9.88. The predicted molar refractivity (Wildman–Crippen MR) is 120 cm³/mol. The summed E-state index contributed by atoms with van der Waals surface area (Å²) in [4.78, 5) is 26.0. The lowest BCUT2D eigenvalue weighted by Crippen LogP contribution is -2.43. The molecule has 0 radical (unpaired) electrons. The third-order valence-electron chi connectivity index (χ3n) is 6.70. The number of carbonyl (C=O) groups excluding carboxylic acids is 1. The summed E-state index contributed by atoms with van der Waals surface area (Å²) < 4.78 is 5.66. The Hall–Kier alpha value is -3.08. The molecule has 162 valence electrons. The van der Waals surface area contributed by atoms with E-state index in [9.17, 15) is 14.7 Å². The van der Waals surface area contributed by atoms with Crippen LogP contribution in [0.4, 0.5) is 4.79 Å². The second kappa shape index (κ2) is 8.96. The molecule has 5 nitrogen and oxygen atoms in total. The SMILES string of the molecule is CC1=C(C[C@@H](C(=O)O)N(C)C(=O)OCC2c3ccccc3-c3ccccc32)CCCC1. The maximum absolute atomic E-state index is 12.8. The molecule has 0 saturated carbocycles. The molecule has 31 heavy (non-hydrogen) atoms. The molecule has 0 spiro atoms. The summed E-state index contributed by atoms with van der Waals surface area (Å²) in [6, 6.07) is 15.4. The third kappa shape index (κ3) is 4.22. The topological polar surface area (TPSA) is 66.8 Å². The van der Waals surface area contributed by atoms with Crippen molar-refractivity contribution in [2.45, 2.75) is 51.0 Å². The third-order valence-corrected chi connectivity index (χ3v) is 6.70.